The molecule has 0 aliphatic carbocycles. The Morgan fingerprint density at radius 1 is 1.09 bits per heavy atom. The number of carbonyl (C=O) groups is 3. The summed E-state index contributed by atoms with van der Waals surface area (Å²) in [4.78, 5) is 49.7. The smallest absolute Gasteiger partial charge is 0.247 e. The topological polar surface area (TPSA) is 81.2 Å². The molecule has 1 aromatic rings. The number of aliphatic hydroxyl groups excluding tert-OH is 1. The van der Waals surface area contributed by atoms with Crippen molar-refractivity contribution in [2.75, 3.05) is 24.6 Å². The zero-order valence-electron chi connectivity index (χ0n) is 27.8. The molecule has 3 aliphatic rings. The number of benzene rings is 1. The second kappa shape index (κ2) is 13.0. The number of anilines is 1. The Balaban J connectivity index is 1.83. The number of amides is 3. The largest absolute Gasteiger partial charge is 0.394 e. The molecule has 6 atom stereocenters. The van der Waals surface area contributed by atoms with Crippen LogP contribution in [0.2, 0.25) is 0 Å². The number of nitrogens with zero attached hydrogens (tertiary/aromatic N) is 3. The highest BCUT2D eigenvalue weighted by Gasteiger charge is 2.75. The highest BCUT2D eigenvalue weighted by Crippen LogP contribution is 2.67. The van der Waals surface area contributed by atoms with Crippen molar-refractivity contribution >= 4 is 35.2 Å². The van der Waals surface area contributed by atoms with Gasteiger partial charge in [-0.15, -0.1) is 24.9 Å². The van der Waals surface area contributed by atoms with Gasteiger partial charge in [0.1, 0.15) is 6.04 Å². The Kier molecular flexibility index (Phi) is 10.2. The Labute approximate surface area is 269 Å². The van der Waals surface area contributed by atoms with Crippen LogP contribution < -0.4 is 4.90 Å². The summed E-state index contributed by atoms with van der Waals surface area (Å²) in [7, 11) is 0. The standard InChI is InChI=1S/C36H53N3O4S/c1-10-19-37(25-15-13-12-14-16-25)31(41)28-27-17-18-36(44-27)29(28)32(42)39(26(22-40)21-24(3)4)30(36)33(43)38(20-11-2)35(8,9)23-34(5,6)7/h10-16,24,26-30,40H,1-2,17-23H2,3-9H3/t26-,27+,28-,29+,30?,36?/m1/s1. The van der Waals surface area contributed by atoms with Gasteiger partial charge in [-0.25, -0.2) is 0 Å². The first-order valence-corrected chi connectivity index (χ1v) is 17.0. The summed E-state index contributed by atoms with van der Waals surface area (Å²) >= 11 is 1.68. The zero-order chi connectivity index (χ0) is 32.6. The van der Waals surface area contributed by atoms with Gasteiger partial charge in [-0.2, -0.15) is 0 Å². The molecule has 0 radical (unpaired) electrons. The van der Waals surface area contributed by atoms with Crippen LogP contribution in [0.25, 0.3) is 0 Å². The molecule has 3 saturated heterocycles. The molecule has 3 heterocycles. The van der Waals surface area contributed by atoms with E-state index in [1.54, 1.807) is 33.7 Å². The molecule has 1 N–H and O–H groups in total. The highest BCUT2D eigenvalue weighted by atomic mass is 32.2. The third-order valence-electron chi connectivity index (χ3n) is 9.52. The van der Waals surface area contributed by atoms with Gasteiger partial charge in [-0.3, -0.25) is 14.4 Å². The van der Waals surface area contributed by atoms with Crippen molar-refractivity contribution in [1.82, 2.24) is 9.80 Å². The van der Waals surface area contributed by atoms with E-state index < -0.39 is 34.2 Å². The van der Waals surface area contributed by atoms with E-state index in [-0.39, 0.29) is 40.9 Å². The maximum Gasteiger partial charge on any atom is 0.247 e. The fourth-order valence-electron chi connectivity index (χ4n) is 8.41. The summed E-state index contributed by atoms with van der Waals surface area (Å²) in [5.41, 5.74) is 0.220. The number of carbonyl (C=O) groups excluding carboxylic acids is 3. The van der Waals surface area contributed by atoms with E-state index in [1.165, 1.54) is 0 Å². The number of hydrogen-bond donors (Lipinski definition) is 1. The molecule has 4 rings (SSSR count). The van der Waals surface area contributed by atoms with Crippen molar-refractivity contribution < 1.29 is 19.5 Å². The Morgan fingerprint density at radius 3 is 2.27 bits per heavy atom. The van der Waals surface area contributed by atoms with Gasteiger partial charge >= 0.3 is 0 Å². The van der Waals surface area contributed by atoms with Crippen LogP contribution in [0.15, 0.2) is 55.6 Å². The van der Waals surface area contributed by atoms with E-state index in [0.29, 0.717) is 25.9 Å². The number of para-hydroxylation sites is 1. The molecule has 2 bridgehead atoms. The maximum absolute atomic E-state index is 15.1. The van der Waals surface area contributed by atoms with E-state index in [9.17, 15) is 14.7 Å². The minimum absolute atomic E-state index is 0.0371. The lowest BCUT2D eigenvalue weighted by Crippen LogP contribution is -2.61. The van der Waals surface area contributed by atoms with Crippen LogP contribution in [-0.4, -0.2) is 79.9 Å². The summed E-state index contributed by atoms with van der Waals surface area (Å²) in [6.07, 6.45) is 6.25. The quantitative estimate of drug-likeness (QED) is 0.276. The second-order valence-corrected chi connectivity index (χ2v) is 16.7. The van der Waals surface area contributed by atoms with E-state index >= 15 is 4.79 Å². The van der Waals surface area contributed by atoms with E-state index in [2.05, 4.69) is 61.6 Å². The normalized spacial score (nSPS) is 26.9. The minimum Gasteiger partial charge on any atom is -0.394 e. The van der Waals surface area contributed by atoms with Crippen molar-refractivity contribution in [3.05, 3.63) is 55.6 Å². The van der Waals surface area contributed by atoms with Crippen molar-refractivity contribution in [3.63, 3.8) is 0 Å². The molecule has 3 fully saturated rings. The molecule has 1 aromatic carbocycles. The molecular formula is C36H53N3O4S. The van der Waals surface area contributed by atoms with Crippen LogP contribution >= 0.6 is 11.8 Å². The molecule has 8 heteroatoms. The number of likely N-dealkylation sites (tertiary alicyclic amines) is 1. The lowest BCUT2D eigenvalue weighted by Gasteiger charge is -2.46. The Bertz CT molecular complexity index is 1240. The summed E-state index contributed by atoms with van der Waals surface area (Å²) in [6, 6.07) is 8.24. The van der Waals surface area contributed by atoms with Gasteiger partial charge in [-0.05, 0) is 63.0 Å². The SMILES string of the molecule is C=CCN(C(=O)[C@@H]1[C@@H]2CCC3(S2)C(C(=O)N(CC=C)C(C)(C)CC(C)(C)C)N([C@@H](CO)CC(C)C)C(=O)[C@H]13)c1ccccc1. The van der Waals surface area contributed by atoms with E-state index in [4.69, 9.17) is 0 Å². The minimum atomic E-state index is -0.771. The van der Waals surface area contributed by atoms with Gasteiger partial charge in [0, 0.05) is 29.6 Å². The first-order valence-electron chi connectivity index (χ1n) is 16.1. The predicted octanol–water partition coefficient (Wildman–Crippen LogP) is 5.93. The van der Waals surface area contributed by atoms with Gasteiger partial charge in [0.25, 0.3) is 0 Å². The summed E-state index contributed by atoms with van der Waals surface area (Å²) in [6.45, 7) is 23.1. The summed E-state index contributed by atoms with van der Waals surface area (Å²) in [5.74, 6) is -1.36. The molecule has 44 heavy (non-hydrogen) atoms. The van der Waals surface area contributed by atoms with Crippen molar-refractivity contribution in [1.29, 1.82) is 0 Å². The third-order valence-corrected chi connectivity index (χ3v) is 11.5. The highest BCUT2D eigenvalue weighted by molar-refractivity contribution is 8.02. The number of fused-ring (bicyclic) bond motifs is 1. The molecule has 7 nitrogen and oxygen atoms in total. The number of hydrogen-bond acceptors (Lipinski definition) is 5. The van der Waals surface area contributed by atoms with Crippen LogP contribution in [0.1, 0.15) is 74.1 Å². The van der Waals surface area contributed by atoms with Gasteiger partial charge < -0.3 is 19.8 Å². The zero-order valence-corrected chi connectivity index (χ0v) is 28.6. The van der Waals surface area contributed by atoms with Crippen molar-refractivity contribution in [3.8, 4) is 0 Å². The summed E-state index contributed by atoms with van der Waals surface area (Å²) in [5, 5.41) is 10.6. The van der Waals surface area contributed by atoms with Gasteiger partial charge in [0.15, 0.2) is 0 Å². The van der Waals surface area contributed by atoms with E-state index in [0.717, 1.165) is 18.5 Å². The fourth-order valence-corrected chi connectivity index (χ4v) is 10.6. The van der Waals surface area contributed by atoms with Crippen LogP contribution in [0, 0.1) is 23.2 Å². The molecular weight excluding hydrogens is 570 g/mol. The molecule has 3 aliphatic heterocycles. The average Bonchev–Trinajstić information content (AvgIpc) is 3.59. The van der Waals surface area contributed by atoms with Crippen molar-refractivity contribution in [2.24, 2.45) is 23.2 Å². The van der Waals surface area contributed by atoms with Crippen molar-refractivity contribution in [2.45, 2.75) is 102 Å². The van der Waals surface area contributed by atoms with Crippen LogP contribution in [0.5, 0.6) is 0 Å². The summed E-state index contributed by atoms with van der Waals surface area (Å²) < 4.78 is -0.739. The average molecular weight is 624 g/mol. The maximum atomic E-state index is 15.1. The molecule has 3 amide bonds. The number of aliphatic hydroxyl groups is 1. The number of thioether (sulfide) groups is 1. The lowest BCUT2D eigenvalue weighted by atomic mass is 9.70. The van der Waals surface area contributed by atoms with Gasteiger partial charge in [-0.1, -0.05) is 65.0 Å². The molecule has 0 aromatic heterocycles. The lowest BCUT2D eigenvalue weighted by molar-refractivity contribution is -0.149. The van der Waals surface area contributed by atoms with Crippen LogP contribution in [0.4, 0.5) is 5.69 Å². The molecule has 242 valence electrons. The van der Waals surface area contributed by atoms with Gasteiger partial charge in [0.05, 0.1) is 29.2 Å². The monoisotopic (exact) mass is 623 g/mol. The predicted molar refractivity (Wildman–Crippen MR) is 180 cm³/mol. The third kappa shape index (κ3) is 6.26. The van der Waals surface area contributed by atoms with E-state index in [1.807, 2.05) is 35.2 Å². The van der Waals surface area contributed by atoms with Gasteiger partial charge in [0.2, 0.25) is 17.7 Å². The second-order valence-electron chi connectivity index (χ2n) is 15.1. The fraction of sp³-hybridized carbons (Fsp3) is 0.639. The van der Waals surface area contributed by atoms with Crippen LogP contribution in [-0.2, 0) is 14.4 Å². The molecule has 2 unspecified atom stereocenters. The Hall–Kier alpha value is -2.58. The molecule has 1 spiro atoms. The molecule has 0 saturated carbocycles. The number of rotatable bonds is 13. The Morgan fingerprint density at radius 2 is 1.73 bits per heavy atom. The first kappa shape index (κ1) is 34.3. The first-order chi connectivity index (χ1) is 20.6. The van der Waals surface area contributed by atoms with Crippen LogP contribution in [0.3, 0.4) is 0 Å².